The van der Waals surface area contributed by atoms with Crippen LogP contribution in [0.3, 0.4) is 0 Å². The standard InChI is InChI=1S/C17H20FN3O3/c1-12-19-20-16(24-12)9-17(22)21-8-4-6-14(10-21)23-11-13-5-2-3-7-15(13)18/h2-3,5,7,14H,4,6,8-11H2,1H3/t14-/m0/s1. The van der Waals surface area contributed by atoms with Crippen molar-refractivity contribution in [2.24, 2.45) is 0 Å². The Labute approximate surface area is 139 Å². The lowest BCUT2D eigenvalue weighted by molar-refractivity contribution is -0.135. The average Bonchev–Trinajstić information content (AvgIpc) is 2.99. The first-order chi connectivity index (χ1) is 11.6. The number of carbonyl (C=O) groups excluding carboxylic acids is 1. The van der Waals surface area contributed by atoms with E-state index in [9.17, 15) is 9.18 Å². The quantitative estimate of drug-likeness (QED) is 0.839. The van der Waals surface area contributed by atoms with Gasteiger partial charge < -0.3 is 14.1 Å². The predicted molar refractivity (Wildman–Crippen MR) is 83.5 cm³/mol. The number of likely N-dealkylation sites (tertiary alicyclic amines) is 1. The Morgan fingerprint density at radius 2 is 2.25 bits per heavy atom. The molecule has 7 heteroatoms. The Kier molecular flexibility index (Phi) is 5.20. The first kappa shape index (κ1) is 16.6. The number of nitrogens with zero attached hydrogens (tertiary/aromatic N) is 3. The topological polar surface area (TPSA) is 68.5 Å². The Bertz CT molecular complexity index is 704. The normalized spacial score (nSPS) is 17.9. The van der Waals surface area contributed by atoms with E-state index in [0.29, 0.717) is 30.4 Å². The summed E-state index contributed by atoms with van der Waals surface area (Å²) in [6.45, 7) is 3.09. The summed E-state index contributed by atoms with van der Waals surface area (Å²) in [5.41, 5.74) is 0.530. The van der Waals surface area contributed by atoms with Crippen LogP contribution in [0.15, 0.2) is 28.7 Å². The maximum absolute atomic E-state index is 13.6. The van der Waals surface area contributed by atoms with E-state index < -0.39 is 0 Å². The molecule has 24 heavy (non-hydrogen) atoms. The number of carbonyl (C=O) groups is 1. The van der Waals surface area contributed by atoms with Gasteiger partial charge in [0.2, 0.25) is 17.7 Å². The van der Waals surface area contributed by atoms with Gasteiger partial charge in [0.15, 0.2) is 0 Å². The van der Waals surface area contributed by atoms with E-state index in [-0.39, 0.29) is 30.9 Å². The van der Waals surface area contributed by atoms with Crippen LogP contribution in [-0.4, -0.2) is 40.2 Å². The van der Waals surface area contributed by atoms with Crippen molar-refractivity contribution in [1.29, 1.82) is 0 Å². The fourth-order valence-corrected chi connectivity index (χ4v) is 2.77. The molecular weight excluding hydrogens is 313 g/mol. The number of hydrogen-bond acceptors (Lipinski definition) is 5. The van der Waals surface area contributed by atoms with E-state index in [1.807, 2.05) is 0 Å². The molecule has 0 aliphatic carbocycles. The molecule has 1 aliphatic rings. The van der Waals surface area contributed by atoms with Crippen molar-refractivity contribution in [2.45, 2.75) is 38.9 Å². The summed E-state index contributed by atoms with van der Waals surface area (Å²) in [5, 5.41) is 7.57. The van der Waals surface area contributed by atoms with Crippen LogP contribution in [0.5, 0.6) is 0 Å². The van der Waals surface area contributed by atoms with Gasteiger partial charge in [0.05, 0.1) is 12.7 Å². The van der Waals surface area contributed by atoms with Crippen molar-refractivity contribution >= 4 is 5.91 Å². The second-order valence-corrected chi connectivity index (χ2v) is 5.90. The minimum atomic E-state index is -0.270. The first-order valence-electron chi connectivity index (χ1n) is 8.03. The van der Waals surface area contributed by atoms with Crippen molar-refractivity contribution in [2.75, 3.05) is 13.1 Å². The van der Waals surface area contributed by atoms with Crippen molar-refractivity contribution in [3.63, 3.8) is 0 Å². The van der Waals surface area contributed by atoms with Gasteiger partial charge in [-0.3, -0.25) is 4.79 Å². The van der Waals surface area contributed by atoms with Crippen LogP contribution >= 0.6 is 0 Å². The molecule has 1 fully saturated rings. The van der Waals surface area contributed by atoms with Crippen molar-refractivity contribution < 1.29 is 18.3 Å². The molecule has 1 amide bonds. The highest BCUT2D eigenvalue weighted by molar-refractivity contribution is 5.77. The van der Waals surface area contributed by atoms with Crippen LogP contribution in [0.4, 0.5) is 4.39 Å². The Morgan fingerprint density at radius 1 is 1.42 bits per heavy atom. The van der Waals surface area contributed by atoms with Gasteiger partial charge in [-0.2, -0.15) is 0 Å². The number of amides is 1. The van der Waals surface area contributed by atoms with Crippen LogP contribution in [0.2, 0.25) is 0 Å². The molecule has 1 aromatic carbocycles. The zero-order chi connectivity index (χ0) is 16.9. The van der Waals surface area contributed by atoms with E-state index in [1.165, 1.54) is 6.07 Å². The highest BCUT2D eigenvalue weighted by Crippen LogP contribution is 2.17. The molecule has 2 aromatic rings. The van der Waals surface area contributed by atoms with Crippen LogP contribution in [0.1, 0.15) is 30.2 Å². The number of benzene rings is 1. The van der Waals surface area contributed by atoms with Gasteiger partial charge in [0.25, 0.3) is 0 Å². The Hall–Kier alpha value is -2.28. The molecule has 0 saturated carbocycles. The molecule has 0 bridgehead atoms. The maximum Gasteiger partial charge on any atom is 0.232 e. The minimum Gasteiger partial charge on any atom is -0.425 e. The molecule has 1 saturated heterocycles. The molecule has 1 aromatic heterocycles. The number of piperidine rings is 1. The lowest BCUT2D eigenvalue weighted by atomic mass is 10.1. The molecule has 0 radical (unpaired) electrons. The third-order valence-corrected chi connectivity index (χ3v) is 4.03. The molecule has 2 heterocycles. The number of aromatic nitrogens is 2. The van der Waals surface area contributed by atoms with Gasteiger partial charge in [0.1, 0.15) is 12.2 Å². The lowest BCUT2D eigenvalue weighted by Crippen LogP contribution is -2.43. The van der Waals surface area contributed by atoms with E-state index in [4.69, 9.17) is 9.15 Å². The van der Waals surface area contributed by atoms with E-state index in [0.717, 1.165) is 12.8 Å². The van der Waals surface area contributed by atoms with Gasteiger partial charge in [-0.1, -0.05) is 18.2 Å². The first-order valence-corrected chi connectivity index (χ1v) is 8.03. The van der Waals surface area contributed by atoms with Crippen LogP contribution in [0.25, 0.3) is 0 Å². The zero-order valence-corrected chi connectivity index (χ0v) is 13.6. The van der Waals surface area contributed by atoms with E-state index >= 15 is 0 Å². The summed E-state index contributed by atoms with van der Waals surface area (Å²) in [7, 11) is 0. The number of hydrogen-bond donors (Lipinski definition) is 0. The molecule has 0 unspecified atom stereocenters. The Morgan fingerprint density at radius 3 is 3.00 bits per heavy atom. The summed E-state index contributed by atoms with van der Waals surface area (Å²) in [5.74, 6) is 0.445. The monoisotopic (exact) mass is 333 g/mol. The van der Waals surface area contributed by atoms with Gasteiger partial charge in [0, 0.05) is 25.6 Å². The van der Waals surface area contributed by atoms with Crippen LogP contribution in [-0.2, 0) is 22.6 Å². The molecule has 128 valence electrons. The van der Waals surface area contributed by atoms with E-state index in [2.05, 4.69) is 10.2 Å². The zero-order valence-electron chi connectivity index (χ0n) is 13.6. The second kappa shape index (κ2) is 7.53. The SMILES string of the molecule is Cc1nnc(CC(=O)N2CCC[C@H](OCc3ccccc3F)C2)o1. The fraction of sp³-hybridized carbons (Fsp3) is 0.471. The second-order valence-electron chi connectivity index (χ2n) is 5.90. The third kappa shape index (κ3) is 4.17. The molecule has 0 spiro atoms. The number of halogens is 1. The summed E-state index contributed by atoms with van der Waals surface area (Å²) < 4.78 is 24.7. The smallest absolute Gasteiger partial charge is 0.232 e. The predicted octanol–water partition coefficient (Wildman–Crippen LogP) is 2.27. The van der Waals surface area contributed by atoms with Crippen molar-refractivity contribution in [3.8, 4) is 0 Å². The highest BCUT2D eigenvalue weighted by Gasteiger charge is 2.25. The molecule has 6 nitrogen and oxygen atoms in total. The average molecular weight is 333 g/mol. The summed E-state index contributed by atoms with van der Waals surface area (Å²) >= 11 is 0. The third-order valence-electron chi connectivity index (χ3n) is 4.03. The van der Waals surface area contributed by atoms with Gasteiger partial charge in [-0.05, 0) is 18.9 Å². The molecule has 0 N–H and O–H groups in total. The summed E-state index contributed by atoms with van der Waals surface area (Å²) in [4.78, 5) is 14.1. The van der Waals surface area contributed by atoms with Crippen molar-refractivity contribution in [3.05, 3.63) is 47.4 Å². The van der Waals surface area contributed by atoms with Gasteiger partial charge in [-0.25, -0.2) is 4.39 Å². The summed E-state index contributed by atoms with van der Waals surface area (Å²) in [6, 6.07) is 6.56. The van der Waals surface area contributed by atoms with Crippen molar-refractivity contribution in [1.82, 2.24) is 15.1 Å². The lowest BCUT2D eigenvalue weighted by Gasteiger charge is -2.32. The van der Waals surface area contributed by atoms with Crippen LogP contribution < -0.4 is 0 Å². The molecular formula is C17H20FN3O3. The van der Waals surface area contributed by atoms with Gasteiger partial charge in [-0.15, -0.1) is 10.2 Å². The van der Waals surface area contributed by atoms with E-state index in [1.54, 1.807) is 30.0 Å². The number of ether oxygens (including phenoxy) is 1. The maximum atomic E-state index is 13.6. The van der Waals surface area contributed by atoms with Crippen LogP contribution in [0, 0.1) is 12.7 Å². The Balaban J connectivity index is 1.52. The van der Waals surface area contributed by atoms with Gasteiger partial charge >= 0.3 is 0 Å². The molecule has 1 aliphatic heterocycles. The largest absolute Gasteiger partial charge is 0.425 e. The minimum absolute atomic E-state index is 0.0576. The number of aryl methyl sites for hydroxylation is 1. The fourth-order valence-electron chi connectivity index (χ4n) is 2.77. The summed E-state index contributed by atoms with van der Waals surface area (Å²) in [6.07, 6.45) is 1.72. The molecule has 1 atom stereocenters. The molecule has 3 rings (SSSR count). The number of rotatable bonds is 5. The highest BCUT2D eigenvalue weighted by atomic mass is 19.1.